The number of fused-ring (bicyclic) bond motifs is 2. The molecule has 0 aliphatic carbocycles. The number of halogens is 3. The summed E-state index contributed by atoms with van der Waals surface area (Å²) in [6.45, 7) is 0. The van der Waals surface area contributed by atoms with Crippen LogP contribution in [0.2, 0.25) is 0 Å². The molecule has 0 spiro atoms. The molecule has 2 aromatic heterocycles. The number of hydrogen-bond donors (Lipinski definition) is 3. The van der Waals surface area contributed by atoms with Gasteiger partial charge in [-0.25, -0.2) is 19.7 Å². The second kappa shape index (κ2) is 8.17. The molecule has 0 saturated carbocycles. The minimum Gasteiger partial charge on any atom is -0.482 e. The van der Waals surface area contributed by atoms with Crippen LogP contribution in [-0.2, 0) is 11.2 Å². The number of carbonyl (C=O) groups is 1. The van der Waals surface area contributed by atoms with E-state index in [4.69, 9.17) is 25.4 Å². The number of nitrogens with one attached hydrogen (secondary N) is 1. The van der Waals surface area contributed by atoms with Crippen molar-refractivity contribution in [3.05, 3.63) is 66.1 Å². The van der Waals surface area contributed by atoms with Crippen molar-refractivity contribution in [1.82, 2.24) is 19.9 Å². The van der Waals surface area contributed by atoms with Gasteiger partial charge >= 0.3 is 12.1 Å². The standard InChI is InChI=1S/C19H15N5O.C2HF3O2/c20-19-21-8-7-13(24-19)11-5-6-14-15(9-11)23-18(22-14)17-10-12-3-1-2-4-16(12)25-17;3-2(4,5)1(6)7/h1-9,17H,10H2,(H,22,23)(H2,20,21,24);(H,6,7). The highest BCUT2D eigenvalue weighted by molar-refractivity contribution is 5.81. The van der Waals surface area contributed by atoms with Crippen LogP contribution in [0.5, 0.6) is 5.75 Å². The van der Waals surface area contributed by atoms with Crippen LogP contribution in [0.25, 0.3) is 22.3 Å². The van der Waals surface area contributed by atoms with Crippen LogP contribution in [0.4, 0.5) is 19.1 Å². The Balaban J connectivity index is 0.000000307. The molecule has 164 valence electrons. The molecule has 4 aromatic rings. The fraction of sp³-hybridized carbons (Fsp3) is 0.143. The van der Waals surface area contributed by atoms with Gasteiger partial charge in [-0.15, -0.1) is 0 Å². The molecule has 32 heavy (non-hydrogen) atoms. The zero-order chi connectivity index (χ0) is 22.9. The van der Waals surface area contributed by atoms with Crippen LogP contribution in [0.3, 0.4) is 0 Å². The van der Waals surface area contributed by atoms with Gasteiger partial charge in [-0.3, -0.25) is 0 Å². The Labute approximate surface area is 178 Å². The molecule has 2 aromatic carbocycles. The fourth-order valence-electron chi connectivity index (χ4n) is 3.21. The van der Waals surface area contributed by atoms with E-state index in [1.807, 2.05) is 42.5 Å². The Hall–Kier alpha value is -4.15. The van der Waals surface area contributed by atoms with Gasteiger partial charge in [0.25, 0.3) is 0 Å². The molecule has 5 rings (SSSR count). The van der Waals surface area contributed by atoms with Crippen LogP contribution >= 0.6 is 0 Å². The molecular weight excluding hydrogens is 427 g/mol. The quantitative estimate of drug-likeness (QED) is 0.429. The van der Waals surface area contributed by atoms with E-state index in [-0.39, 0.29) is 12.1 Å². The molecule has 8 nitrogen and oxygen atoms in total. The van der Waals surface area contributed by atoms with E-state index in [2.05, 4.69) is 21.0 Å². The van der Waals surface area contributed by atoms with E-state index in [0.29, 0.717) is 0 Å². The topological polar surface area (TPSA) is 127 Å². The molecule has 0 radical (unpaired) electrons. The summed E-state index contributed by atoms with van der Waals surface area (Å²) in [6, 6.07) is 15.9. The normalized spacial score (nSPS) is 14.9. The number of nitrogens with two attached hydrogens (primary N) is 1. The summed E-state index contributed by atoms with van der Waals surface area (Å²) in [5.41, 5.74) is 10.5. The number of imidazole rings is 1. The van der Waals surface area contributed by atoms with Gasteiger partial charge in [0.1, 0.15) is 11.6 Å². The first-order chi connectivity index (χ1) is 15.2. The smallest absolute Gasteiger partial charge is 0.482 e. The Kier molecular flexibility index (Phi) is 5.39. The molecule has 11 heteroatoms. The maximum absolute atomic E-state index is 10.6. The molecule has 3 heterocycles. The Bertz CT molecular complexity index is 1260. The van der Waals surface area contributed by atoms with E-state index in [0.717, 1.165) is 40.3 Å². The number of rotatable bonds is 2. The third-order valence-electron chi connectivity index (χ3n) is 4.66. The number of hydrogen-bond acceptors (Lipinski definition) is 6. The van der Waals surface area contributed by atoms with Crippen molar-refractivity contribution >= 4 is 23.0 Å². The van der Waals surface area contributed by atoms with Crippen LogP contribution in [0, 0.1) is 0 Å². The lowest BCUT2D eigenvalue weighted by atomic mass is 10.1. The number of ether oxygens (including phenoxy) is 1. The summed E-state index contributed by atoms with van der Waals surface area (Å²) in [5.74, 6) is -0.719. The molecule has 1 aliphatic rings. The van der Waals surface area contributed by atoms with Gasteiger partial charge in [0.15, 0.2) is 6.10 Å². The number of carboxylic acids is 1. The van der Waals surface area contributed by atoms with Gasteiger partial charge in [0.05, 0.1) is 16.7 Å². The molecule has 0 amide bonds. The van der Waals surface area contributed by atoms with Crippen molar-refractivity contribution in [2.75, 3.05) is 5.73 Å². The lowest BCUT2D eigenvalue weighted by Crippen LogP contribution is -2.21. The second-order valence-corrected chi connectivity index (χ2v) is 6.88. The number of aliphatic carboxylic acids is 1. The minimum absolute atomic E-state index is 0.0806. The number of aromatic amines is 1. The summed E-state index contributed by atoms with van der Waals surface area (Å²) >= 11 is 0. The van der Waals surface area contributed by atoms with Gasteiger partial charge in [-0.2, -0.15) is 13.2 Å². The summed E-state index contributed by atoms with van der Waals surface area (Å²) < 4.78 is 37.8. The van der Waals surface area contributed by atoms with Crippen molar-refractivity contribution in [3.63, 3.8) is 0 Å². The van der Waals surface area contributed by atoms with Gasteiger partial charge in [0.2, 0.25) is 5.95 Å². The van der Waals surface area contributed by atoms with Gasteiger partial charge < -0.3 is 20.6 Å². The second-order valence-electron chi connectivity index (χ2n) is 6.88. The van der Waals surface area contributed by atoms with Crippen molar-refractivity contribution in [3.8, 4) is 17.0 Å². The molecule has 1 atom stereocenters. The van der Waals surface area contributed by atoms with E-state index in [1.165, 1.54) is 5.56 Å². The third-order valence-corrected chi connectivity index (χ3v) is 4.66. The zero-order valence-corrected chi connectivity index (χ0v) is 16.3. The largest absolute Gasteiger partial charge is 0.490 e. The molecule has 4 N–H and O–H groups in total. The number of nitrogens with zero attached hydrogens (tertiary/aromatic N) is 3. The Morgan fingerprint density at radius 1 is 1.16 bits per heavy atom. The Morgan fingerprint density at radius 3 is 2.59 bits per heavy atom. The summed E-state index contributed by atoms with van der Waals surface area (Å²) in [4.78, 5) is 25.2. The maximum atomic E-state index is 10.6. The van der Waals surface area contributed by atoms with Crippen LogP contribution in [0.1, 0.15) is 17.5 Å². The van der Waals surface area contributed by atoms with Crippen molar-refractivity contribution in [2.45, 2.75) is 18.7 Å². The first-order valence-corrected chi connectivity index (χ1v) is 9.34. The lowest BCUT2D eigenvalue weighted by Gasteiger charge is -2.06. The average molecular weight is 443 g/mol. The van der Waals surface area contributed by atoms with Gasteiger partial charge in [-0.05, 0) is 29.8 Å². The highest BCUT2D eigenvalue weighted by atomic mass is 19.4. The number of H-pyrrole nitrogens is 1. The molecular formula is C21H16F3N5O3. The molecule has 1 unspecified atom stereocenters. The predicted molar refractivity (Wildman–Crippen MR) is 109 cm³/mol. The molecule has 0 fully saturated rings. The number of aromatic nitrogens is 4. The molecule has 0 saturated heterocycles. The number of carboxylic acid groups (broad SMARTS) is 1. The van der Waals surface area contributed by atoms with Crippen LogP contribution in [0.15, 0.2) is 54.7 Å². The predicted octanol–water partition coefficient (Wildman–Crippen LogP) is 3.91. The molecule has 1 aliphatic heterocycles. The minimum atomic E-state index is -5.08. The van der Waals surface area contributed by atoms with E-state index < -0.39 is 12.1 Å². The first kappa shape index (κ1) is 21.1. The number of anilines is 1. The van der Waals surface area contributed by atoms with Gasteiger partial charge in [0, 0.05) is 18.2 Å². The zero-order valence-electron chi connectivity index (χ0n) is 16.3. The first-order valence-electron chi connectivity index (χ1n) is 9.34. The summed E-state index contributed by atoms with van der Waals surface area (Å²) in [5, 5.41) is 7.12. The summed E-state index contributed by atoms with van der Waals surface area (Å²) in [7, 11) is 0. The number of para-hydroxylation sites is 1. The van der Waals surface area contributed by atoms with Crippen molar-refractivity contribution in [1.29, 1.82) is 0 Å². The number of nitrogen functional groups attached to an aromatic ring is 1. The van der Waals surface area contributed by atoms with Gasteiger partial charge in [-0.1, -0.05) is 24.3 Å². The number of alkyl halides is 3. The molecule has 0 bridgehead atoms. The maximum Gasteiger partial charge on any atom is 0.490 e. The van der Waals surface area contributed by atoms with Crippen LogP contribution < -0.4 is 10.5 Å². The van der Waals surface area contributed by atoms with Crippen LogP contribution in [-0.4, -0.2) is 37.2 Å². The SMILES string of the molecule is Nc1nccc(-c2ccc3nc(C4Cc5ccccc5O4)[nH]c3c2)n1.O=C(O)C(F)(F)F. The van der Waals surface area contributed by atoms with Crippen molar-refractivity contribution in [2.24, 2.45) is 0 Å². The average Bonchev–Trinajstić information content (AvgIpc) is 3.37. The number of benzene rings is 2. The highest BCUT2D eigenvalue weighted by Gasteiger charge is 2.38. The summed E-state index contributed by atoms with van der Waals surface area (Å²) in [6.07, 6.45) is -2.68. The Morgan fingerprint density at radius 2 is 1.91 bits per heavy atom. The monoisotopic (exact) mass is 443 g/mol. The van der Waals surface area contributed by atoms with E-state index in [9.17, 15) is 13.2 Å². The van der Waals surface area contributed by atoms with Crippen molar-refractivity contribution < 1.29 is 27.8 Å². The van der Waals surface area contributed by atoms with E-state index >= 15 is 0 Å². The highest BCUT2D eigenvalue weighted by Crippen LogP contribution is 2.36. The lowest BCUT2D eigenvalue weighted by molar-refractivity contribution is -0.192. The fourth-order valence-corrected chi connectivity index (χ4v) is 3.21. The van der Waals surface area contributed by atoms with E-state index in [1.54, 1.807) is 6.20 Å². The third kappa shape index (κ3) is 4.46.